The minimum atomic E-state index is -0.278. The van der Waals surface area contributed by atoms with Crippen molar-refractivity contribution in [2.45, 2.75) is 40.2 Å². The van der Waals surface area contributed by atoms with Gasteiger partial charge in [0.05, 0.1) is 17.0 Å². The number of rotatable bonds is 5. The van der Waals surface area contributed by atoms with Gasteiger partial charge in [0, 0.05) is 18.7 Å². The number of nitrogens with zero attached hydrogens (tertiary/aromatic N) is 4. The highest BCUT2D eigenvalue weighted by atomic mass is 16.5. The number of para-hydroxylation sites is 2. The summed E-state index contributed by atoms with van der Waals surface area (Å²) in [6, 6.07) is 7.98. The molecule has 144 valence electrons. The average molecular weight is 376 g/mol. The largest absolute Gasteiger partial charge is 0.424 e. The summed E-state index contributed by atoms with van der Waals surface area (Å²) in [7, 11) is 0. The van der Waals surface area contributed by atoms with Gasteiger partial charge in [-0.05, 0) is 12.1 Å². The fraction of sp³-hybridized carbons (Fsp3) is 0.318. The lowest BCUT2D eigenvalue weighted by Gasteiger charge is -2.11. The molecule has 0 atom stereocenters. The maximum absolute atomic E-state index is 12.3. The van der Waals surface area contributed by atoms with E-state index in [1.54, 1.807) is 6.08 Å². The Bertz CT molecular complexity index is 1210. The summed E-state index contributed by atoms with van der Waals surface area (Å²) in [5, 5.41) is 0.747. The quantitative estimate of drug-likeness (QED) is 0.374. The van der Waals surface area contributed by atoms with Crippen molar-refractivity contribution in [1.29, 1.82) is 0 Å². The molecule has 0 saturated heterocycles. The molecule has 0 radical (unpaired) electrons. The summed E-state index contributed by atoms with van der Waals surface area (Å²) in [5.41, 5.74) is 3.38. The minimum Gasteiger partial charge on any atom is -0.424 e. The van der Waals surface area contributed by atoms with Gasteiger partial charge < -0.3 is 9.30 Å². The lowest BCUT2D eigenvalue weighted by molar-refractivity contribution is -0.137. The molecule has 0 N–H and O–H groups in total. The zero-order chi connectivity index (χ0) is 20.0. The van der Waals surface area contributed by atoms with Crippen molar-refractivity contribution in [1.82, 2.24) is 18.9 Å². The normalized spacial score (nSPS) is 11.9. The predicted molar refractivity (Wildman–Crippen MR) is 111 cm³/mol. The van der Waals surface area contributed by atoms with Crippen LogP contribution in [0.5, 0.6) is 5.75 Å². The molecule has 0 saturated carbocycles. The number of carbonyl (C=O) groups is 1. The Morgan fingerprint density at radius 3 is 2.61 bits per heavy atom. The van der Waals surface area contributed by atoms with E-state index in [1.165, 1.54) is 0 Å². The predicted octanol–water partition coefficient (Wildman–Crippen LogP) is 4.71. The van der Waals surface area contributed by atoms with Crippen molar-refractivity contribution in [3.8, 4) is 5.75 Å². The van der Waals surface area contributed by atoms with Gasteiger partial charge in [-0.2, -0.15) is 0 Å². The molecule has 0 aliphatic rings. The van der Waals surface area contributed by atoms with E-state index in [2.05, 4.69) is 24.8 Å². The van der Waals surface area contributed by atoms with Gasteiger partial charge in [0.1, 0.15) is 16.9 Å². The second-order valence-corrected chi connectivity index (χ2v) is 7.59. The van der Waals surface area contributed by atoms with E-state index < -0.39 is 0 Å². The molecule has 3 aromatic heterocycles. The summed E-state index contributed by atoms with van der Waals surface area (Å²) in [6.07, 6.45) is 3.62. The first kappa shape index (κ1) is 18.2. The highest BCUT2D eigenvalue weighted by molar-refractivity contribution is 6.01. The summed E-state index contributed by atoms with van der Waals surface area (Å²) in [4.78, 5) is 22.1. The second kappa shape index (κ2) is 6.78. The Morgan fingerprint density at radius 1 is 1.18 bits per heavy atom. The lowest BCUT2D eigenvalue weighted by Crippen LogP contribution is -2.14. The van der Waals surface area contributed by atoms with Gasteiger partial charge in [-0.3, -0.25) is 9.20 Å². The van der Waals surface area contributed by atoms with E-state index in [1.807, 2.05) is 48.9 Å². The number of benzene rings is 1. The van der Waals surface area contributed by atoms with Crippen molar-refractivity contribution in [2.24, 2.45) is 5.92 Å². The van der Waals surface area contributed by atoms with Crippen molar-refractivity contribution >= 4 is 33.7 Å². The zero-order valence-electron chi connectivity index (χ0n) is 16.6. The number of hydrogen-bond donors (Lipinski definition) is 0. The minimum absolute atomic E-state index is 0.193. The molecule has 0 aliphatic carbocycles. The Morgan fingerprint density at radius 2 is 1.93 bits per heavy atom. The van der Waals surface area contributed by atoms with E-state index >= 15 is 0 Å². The van der Waals surface area contributed by atoms with Crippen LogP contribution in [0.3, 0.4) is 0 Å². The second-order valence-electron chi connectivity index (χ2n) is 7.59. The highest BCUT2D eigenvalue weighted by Gasteiger charge is 2.23. The number of ether oxygens (including phenoxy) is 1. The Kier molecular flexibility index (Phi) is 4.41. The molecule has 0 unspecified atom stereocenters. The number of fused-ring (bicyclic) bond motifs is 5. The summed E-state index contributed by atoms with van der Waals surface area (Å²) in [5.74, 6) is 1.09. The van der Waals surface area contributed by atoms with Gasteiger partial charge in [0.15, 0.2) is 11.4 Å². The number of imidazole rings is 1. The van der Waals surface area contributed by atoms with Gasteiger partial charge in [-0.25, -0.2) is 9.97 Å². The molecule has 4 aromatic rings. The topological polar surface area (TPSA) is 61.4 Å². The Balaban J connectivity index is 2.14. The number of carbonyl (C=O) groups excluding carboxylic acids is 1. The molecule has 0 fully saturated rings. The number of aromatic nitrogens is 4. The van der Waals surface area contributed by atoms with E-state index in [0.717, 1.165) is 33.5 Å². The molecule has 6 nitrogen and oxygen atoms in total. The zero-order valence-corrected chi connectivity index (χ0v) is 16.6. The summed E-state index contributed by atoms with van der Waals surface area (Å²) < 4.78 is 9.76. The van der Waals surface area contributed by atoms with Crippen molar-refractivity contribution in [3.63, 3.8) is 0 Å². The van der Waals surface area contributed by atoms with Crippen LogP contribution < -0.4 is 4.74 Å². The number of allylic oxidation sites excluding steroid dienone is 1. The van der Waals surface area contributed by atoms with Crippen LogP contribution in [-0.2, 0) is 11.3 Å². The fourth-order valence-corrected chi connectivity index (χ4v) is 3.40. The fourth-order valence-electron chi connectivity index (χ4n) is 3.40. The van der Waals surface area contributed by atoms with Gasteiger partial charge >= 0.3 is 5.97 Å². The van der Waals surface area contributed by atoms with Gasteiger partial charge in [-0.1, -0.05) is 45.9 Å². The van der Waals surface area contributed by atoms with Crippen LogP contribution in [0, 0.1) is 5.92 Å². The Hall–Kier alpha value is -3.15. The van der Waals surface area contributed by atoms with Gasteiger partial charge in [0.2, 0.25) is 0 Å². The van der Waals surface area contributed by atoms with Gasteiger partial charge in [-0.15, -0.1) is 6.58 Å². The summed E-state index contributed by atoms with van der Waals surface area (Å²) in [6.45, 7) is 12.3. The van der Waals surface area contributed by atoms with Crippen LogP contribution in [0.1, 0.15) is 39.4 Å². The lowest BCUT2D eigenvalue weighted by atomic mass is 10.2. The molecule has 0 aliphatic heterocycles. The molecule has 0 bridgehead atoms. The molecular weight excluding hydrogens is 352 g/mol. The molecule has 3 heterocycles. The average Bonchev–Trinajstić information content (AvgIpc) is 3.19. The third-order valence-electron chi connectivity index (χ3n) is 4.77. The molecule has 6 heteroatoms. The maximum Gasteiger partial charge on any atom is 0.313 e. The van der Waals surface area contributed by atoms with Crippen molar-refractivity contribution < 1.29 is 9.53 Å². The molecular formula is C22H24N4O2. The molecule has 28 heavy (non-hydrogen) atoms. The van der Waals surface area contributed by atoms with E-state index in [4.69, 9.17) is 14.7 Å². The molecule has 0 amide bonds. The molecule has 0 spiro atoms. The highest BCUT2D eigenvalue weighted by Crippen LogP contribution is 2.35. The molecule has 1 aromatic carbocycles. The third-order valence-corrected chi connectivity index (χ3v) is 4.77. The van der Waals surface area contributed by atoms with Crippen LogP contribution in [0.15, 0.2) is 43.1 Å². The standard InChI is InChI=1S/C22H24N4O2/c1-6-11-25-12-17(28-22(27)14(4)5)18-20(25)24-19(13(2)3)26-16-10-8-7-9-15(16)23-21(18)26/h6-10,12-14H,1,11H2,2-5H3. The maximum atomic E-state index is 12.3. The van der Waals surface area contributed by atoms with Crippen LogP contribution >= 0.6 is 0 Å². The van der Waals surface area contributed by atoms with Crippen LogP contribution in [0.25, 0.3) is 27.7 Å². The van der Waals surface area contributed by atoms with Crippen LogP contribution in [0.4, 0.5) is 0 Å². The first-order chi connectivity index (χ1) is 13.4. The third kappa shape index (κ3) is 2.76. The van der Waals surface area contributed by atoms with Crippen LogP contribution in [0.2, 0.25) is 0 Å². The Labute approximate surface area is 163 Å². The first-order valence-electron chi connectivity index (χ1n) is 9.54. The monoisotopic (exact) mass is 376 g/mol. The van der Waals surface area contributed by atoms with Crippen LogP contribution in [-0.4, -0.2) is 24.9 Å². The van der Waals surface area contributed by atoms with Crippen molar-refractivity contribution in [2.75, 3.05) is 0 Å². The van der Waals surface area contributed by atoms with E-state index in [0.29, 0.717) is 12.3 Å². The number of hydrogen-bond acceptors (Lipinski definition) is 4. The van der Waals surface area contributed by atoms with E-state index in [-0.39, 0.29) is 17.8 Å². The first-order valence-corrected chi connectivity index (χ1v) is 9.54. The van der Waals surface area contributed by atoms with Gasteiger partial charge in [0.25, 0.3) is 0 Å². The number of esters is 1. The molecule has 4 rings (SSSR count). The van der Waals surface area contributed by atoms with Crippen molar-refractivity contribution in [3.05, 3.63) is 48.9 Å². The summed E-state index contributed by atoms with van der Waals surface area (Å²) >= 11 is 0. The smallest absolute Gasteiger partial charge is 0.313 e. The van der Waals surface area contributed by atoms with E-state index in [9.17, 15) is 4.79 Å². The SMILES string of the molecule is C=CCn1cc(OC(=O)C(C)C)c2c1nc(C(C)C)n1c3ccccc3nc21.